The summed E-state index contributed by atoms with van der Waals surface area (Å²) in [5.41, 5.74) is 5.94. The first-order valence-corrected chi connectivity index (χ1v) is 7.42. The van der Waals surface area contributed by atoms with Gasteiger partial charge in [0.25, 0.3) is 0 Å². The van der Waals surface area contributed by atoms with Crippen LogP contribution in [0.5, 0.6) is 0 Å². The third kappa shape index (κ3) is 3.69. The van der Waals surface area contributed by atoms with Crippen molar-refractivity contribution in [2.24, 2.45) is 11.7 Å². The molecule has 2 rings (SSSR count). The minimum Gasteiger partial charge on any atom is -0.342 e. The fourth-order valence-electron chi connectivity index (χ4n) is 3.07. The number of rotatable bonds is 3. The van der Waals surface area contributed by atoms with Crippen LogP contribution in [-0.4, -0.2) is 54.5 Å². The van der Waals surface area contributed by atoms with Crippen LogP contribution in [0.2, 0.25) is 0 Å². The summed E-state index contributed by atoms with van der Waals surface area (Å²) in [6.07, 6.45) is 5.93. The maximum absolute atomic E-state index is 12.1. The lowest BCUT2D eigenvalue weighted by atomic mass is 9.91. The van der Waals surface area contributed by atoms with Gasteiger partial charge in [-0.2, -0.15) is 0 Å². The summed E-state index contributed by atoms with van der Waals surface area (Å²) in [7, 11) is 0. The van der Waals surface area contributed by atoms with Crippen LogP contribution in [0.25, 0.3) is 0 Å². The molecular formula is C14H27N3O. The molecule has 0 bridgehead atoms. The molecule has 2 aliphatic rings. The Balaban J connectivity index is 1.72. The van der Waals surface area contributed by atoms with Crippen LogP contribution in [-0.2, 0) is 4.79 Å². The highest BCUT2D eigenvalue weighted by molar-refractivity contribution is 5.78. The lowest BCUT2D eigenvalue weighted by molar-refractivity contribution is -0.133. The van der Waals surface area contributed by atoms with Gasteiger partial charge in [-0.15, -0.1) is 0 Å². The summed E-state index contributed by atoms with van der Waals surface area (Å²) in [5, 5.41) is 0. The molecule has 2 N–H and O–H groups in total. The molecule has 1 unspecified atom stereocenters. The normalized spacial score (nSPS) is 25.1. The first-order chi connectivity index (χ1) is 8.66. The van der Waals surface area contributed by atoms with E-state index in [9.17, 15) is 4.79 Å². The molecule has 0 saturated carbocycles. The fourth-order valence-corrected chi connectivity index (χ4v) is 3.07. The Kier molecular flexibility index (Phi) is 5.01. The molecule has 2 heterocycles. The van der Waals surface area contributed by atoms with Gasteiger partial charge >= 0.3 is 0 Å². The van der Waals surface area contributed by atoms with Crippen LogP contribution in [0.15, 0.2) is 0 Å². The van der Waals surface area contributed by atoms with E-state index in [1.807, 2.05) is 4.90 Å². The van der Waals surface area contributed by atoms with Gasteiger partial charge in [0.15, 0.2) is 0 Å². The minimum absolute atomic E-state index is 0.296. The minimum atomic E-state index is 0.296. The highest BCUT2D eigenvalue weighted by atomic mass is 16.2. The zero-order chi connectivity index (χ0) is 13.0. The van der Waals surface area contributed by atoms with E-state index >= 15 is 0 Å². The second kappa shape index (κ2) is 6.53. The first-order valence-electron chi connectivity index (χ1n) is 7.42. The van der Waals surface area contributed by atoms with Crippen LogP contribution >= 0.6 is 0 Å². The van der Waals surface area contributed by atoms with Crippen molar-refractivity contribution in [2.45, 2.75) is 45.1 Å². The van der Waals surface area contributed by atoms with E-state index in [0.717, 1.165) is 39.0 Å². The molecule has 104 valence electrons. The van der Waals surface area contributed by atoms with E-state index in [1.165, 1.54) is 19.3 Å². The number of piperidine rings is 2. The smallest absolute Gasteiger partial charge is 0.236 e. The summed E-state index contributed by atoms with van der Waals surface area (Å²) in [4.78, 5) is 16.5. The number of nitrogens with two attached hydrogens (primary N) is 1. The van der Waals surface area contributed by atoms with Crippen molar-refractivity contribution in [3.05, 3.63) is 0 Å². The second-order valence-electron chi connectivity index (χ2n) is 5.91. The van der Waals surface area contributed by atoms with Crippen LogP contribution in [0.1, 0.15) is 39.0 Å². The number of hydrogen-bond donors (Lipinski definition) is 1. The molecule has 1 amide bonds. The Bertz CT molecular complexity index is 266. The first kappa shape index (κ1) is 13.8. The third-order valence-electron chi connectivity index (χ3n) is 4.44. The molecule has 0 aromatic rings. The van der Waals surface area contributed by atoms with Crippen molar-refractivity contribution in [3.63, 3.8) is 0 Å². The van der Waals surface area contributed by atoms with E-state index in [1.54, 1.807) is 0 Å². The monoisotopic (exact) mass is 253 g/mol. The number of carbonyl (C=O) groups excluding carboxylic acids is 1. The quantitative estimate of drug-likeness (QED) is 0.818. The number of nitrogens with zero attached hydrogens (tertiary/aromatic N) is 2. The number of carbonyl (C=O) groups is 1. The van der Waals surface area contributed by atoms with E-state index in [0.29, 0.717) is 24.4 Å². The third-order valence-corrected chi connectivity index (χ3v) is 4.44. The molecule has 0 aromatic carbocycles. The maximum atomic E-state index is 12.1. The molecule has 0 radical (unpaired) electrons. The van der Waals surface area contributed by atoms with Gasteiger partial charge in [-0.25, -0.2) is 0 Å². The second-order valence-corrected chi connectivity index (χ2v) is 5.91. The number of hydrogen-bond acceptors (Lipinski definition) is 3. The van der Waals surface area contributed by atoms with Gasteiger partial charge in [0.1, 0.15) is 0 Å². The van der Waals surface area contributed by atoms with Crippen molar-refractivity contribution in [3.8, 4) is 0 Å². The Morgan fingerprint density at radius 3 is 2.33 bits per heavy atom. The largest absolute Gasteiger partial charge is 0.342 e. The molecule has 1 atom stereocenters. The van der Waals surface area contributed by atoms with E-state index in [-0.39, 0.29) is 0 Å². The van der Waals surface area contributed by atoms with Gasteiger partial charge in [0, 0.05) is 19.1 Å². The molecule has 2 aliphatic heterocycles. The molecule has 0 aliphatic carbocycles. The SMILES string of the molecule is CC(N)C1CCN(CC(=O)N2CCCCC2)CC1. The van der Waals surface area contributed by atoms with Gasteiger partial charge in [0.2, 0.25) is 5.91 Å². The predicted molar refractivity (Wildman–Crippen MR) is 73.2 cm³/mol. The highest BCUT2D eigenvalue weighted by Crippen LogP contribution is 2.19. The van der Waals surface area contributed by atoms with Crippen LogP contribution in [0.4, 0.5) is 0 Å². The standard InChI is InChI=1S/C14H27N3O/c1-12(15)13-5-9-16(10-6-13)11-14(18)17-7-3-2-4-8-17/h12-13H,2-11,15H2,1H3. The summed E-state index contributed by atoms with van der Waals surface area (Å²) in [6, 6.07) is 0.296. The van der Waals surface area contributed by atoms with Crippen molar-refractivity contribution in [1.29, 1.82) is 0 Å². The topological polar surface area (TPSA) is 49.6 Å². The number of likely N-dealkylation sites (tertiary alicyclic amines) is 2. The van der Waals surface area contributed by atoms with Crippen molar-refractivity contribution >= 4 is 5.91 Å². The summed E-state index contributed by atoms with van der Waals surface area (Å²) in [5.74, 6) is 0.972. The summed E-state index contributed by atoms with van der Waals surface area (Å²) >= 11 is 0. The predicted octanol–water partition coefficient (Wildman–Crippen LogP) is 1.06. The molecule has 0 spiro atoms. The van der Waals surface area contributed by atoms with Gasteiger partial charge < -0.3 is 10.6 Å². The van der Waals surface area contributed by atoms with Gasteiger partial charge in [-0.3, -0.25) is 9.69 Å². The Hall–Kier alpha value is -0.610. The lowest BCUT2D eigenvalue weighted by Crippen LogP contribution is -2.46. The van der Waals surface area contributed by atoms with Crippen molar-refractivity contribution in [1.82, 2.24) is 9.80 Å². The van der Waals surface area contributed by atoms with E-state index in [2.05, 4.69) is 11.8 Å². The van der Waals surface area contributed by atoms with Gasteiger partial charge in [0.05, 0.1) is 6.54 Å². The van der Waals surface area contributed by atoms with Crippen LogP contribution in [0.3, 0.4) is 0 Å². The van der Waals surface area contributed by atoms with E-state index < -0.39 is 0 Å². The highest BCUT2D eigenvalue weighted by Gasteiger charge is 2.25. The van der Waals surface area contributed by atoms with Gasteiger partial charge in [-0.05, 0) is 58.0 Å². The van der Waals surface area contributed by atoms with Crippen LogP contribution < -0.4 is 5.73 Å². The van der Waals surface area contributed by atoms with Crippen molar-refractivity contribution in [2.75, 3.05) is 32.7 Å². The van der Waals surface area contributed by atoms with Gasteiger partial charge in [-0.1, -0.05) is 0 Å². The molecule has 2 saturated heterocycles. The number of amides is 1. The van der Waals surface area contributed by atoms with E-state index in [4.69, 9.17) is 5.73 Å². The molecule has 0 aromatic heterocycles. The molecule has 2 fully saturated rings. The lowest BCUT2D eigenvalue weighted by Gasteiger charge is -2.35. The fraction of sp³-hybridized carbons (Fsp3) is 0.929. The Morgan fingerprint density at radius 2 is 1.78 bits per heavy atom. The average Bonchev–Trinajstić information content (AvgIpc) is 2.40. The average molecular weight is 253 g/mol. The Morgan fingerprint density at radius 1 is 1.17 bits per heavy atom. The maximum Gasteiger partial charge on any atom is 0.236 e. The van der Waals surface area contributed by atoms with Crippen LogP contribution in [0, 0.1) is 5.92 Å². The zero-order valence-electron chi connectivity index (χ0n) is 11.6. The summed E-state index contributed by atoms with van der Waals surface area (Å²) < 4.78 is 0. The molecule has 4 nitrogen and oxygen atoms in total. The molecular weight excluding hydrogens is 226 g/mol. The zero-order valence-corrected chi connectivity index (χ0v) is 11.6. The van der Waals surface area contributed by atoms with Crippen molar-refractivity contribution < 1.29 is 4.79 Å². The summed E-state index contributed by atoms with van der Waals surface area (Å²) in [6.45, 7) is 6.72. The molecule has 4 heteroatoms. The molecule has 18 heavy (non-hydrogen) atoms. The Labute approximate surface area is 110 Å².